The molecular formula is C40H48P2Ru. The van der Waals surface area contributed by atoms with Gasteiger partial charge in [0.2, 0.25) is 0 Å². The van der Waals surface area contributed by atoms with Crippen LogP contribution in [0.25, 0.3) is 0 Å². The van der Waals surface area contributed by atoms with E-state index in [-0.39, 0.29) is 35.3 Å². The molecule has 5 rings (SSSR count). The van der Waals surface area contributed by atoms with Crippen molar-refractivity contribution in [2.24, 2.45) is 11.8 Å². The first-order chi connectivity index (χ1) is 20.3. The largest absolute Gasteiger partial charge is 0.0622 e. The number of hydrogen-bond donors (Lipinski definition) is 0. The second kappa shape index (κ2) is 21.2. The van der Waals surface area contributed by atoms with Crippen molar-refractivity contribution in [1.82, 2.24) is 0 Å². The fourth-order valence-corrected chi connectivity index (χ4v) is 10.9. The third-order valence-electron chi connectivity index (χ3n) is 7.17. The summed E-state index contributed by atoms with van der Waals surface area (Å²) in [6.07, 6.45) is 8.19. The number of benzene rings is 4. The maximum absolute atomic E-state index is 3.44. The number of rotatable bonds is 8. The first kappa shape index (κ1) is 37.5. The minimum absolute atomic E-state index is 0. The fraction of sp³-hybridized carbons (Fsp3) is 0.250. The van der Waals surface area contributed by atoms with E-state index in [1.54, 1.807) is 0 Å². The van der Waals surface area contributed by atoms with E-state index in [2.05, 4.69) is 149 Å². The van der Waals surface area contributed by atoms with Gasteiger partial charge in [0.05, 0.1) is 0 Å². The van der Waals surface area contributed by atoms with E-state index in [0.29, 0.717) is 0 Å². The van der Waals surface area contributed by atoms with Crippen molar-refractivity contribution in [2.75, 3.05) is 12.3 Å². The summed E-state index contributed by atoms with van der Waals surface area (Å²) in [5.41, 5.74) is 0. The van der Waals surface area contributed by atoms with Crippen LogP contribution in [0.4, 0.5) is 0 Å². The van der Waals surface area contributed by atoms with Crippen molar-refractivity contribution < 1.29 is 19.5 Å². The minimum atomic E-state index is -0.327. The maximum atomic E-state index is 3.44. The van der Waals surface area contributed by atoms with Gasteiger partial charge in [-0.15, -0.1) is 0 Å². The van der Waals surface area contributed by atoms with Gasteiger partial charge < -0.3 is 0 Å². The second-order valence-corrected chi connectivity index (χ2v) is 15.8. The molecule has 1 aliphatic rings. The summed E-state index contributed by atoms with van der Waals surface area (Å²) in [7, 11) is -0.653. The Morgan fingerprint density at radius 3 is 0.907 bits per heavy atom. The Hall–Kier alpha value is -1.64. The van der Waals surface area contributed by atoms with Gasteiger partial charge >= 0.3 is 0 Å². The normalized spacial score (nSPS) is 16.1. The first-order valence-corrected chi connectivity index (χ1v) is 18.1. The van der Waals surface area contributed by atoms with E-state index in [9.17, 15) is 0 Å². The molecule has 0 saturated heterocycles. The van der Waals surface area contributed by atoms with Crippen LogP contribution in [0.5, 0.6) is 0 Å². The van der Waals surface area contributed by atoms with Gasteiger partial charge in [0.25, 0.3) is 0 Å². The number of hydrogen-bond acceptors (Lipinski definition) is 0. The third-order valence-corrected chi connectivity index (χ3v) is 12.5. The molecule has 0 amide bonds. The average molecular weight is 692 g/mol. The van der Waals surface area contributed by atoms with Crippen LogP contribution in [-0.2, 0) is 19.5 Å². The molecule has 2 atom stereocenters. The zero-order valence-electron chi connectivity index (χ0n) is 26.0. The van der Waals surface area contributed by atoms with E-state index in [4.69, 9.17) is 0 Å². The van der Waals surface area contributed by atoms with Gasteiger partial charge in [-0.2, -0.15) is 0 Å². The van der Waals surface area contributed by atoms with Crippen LogP contribution in [0.15, 0.2) is 121 Å². The van der Waals surface area contributed by atoms with Gasteiger partial charge in [-0.1, -0.05) is 148 Å². The zero-order valence-corrected chi connectivity index (χ0v) is 29.5. The molecule has 0 aliphatic heterocycles. The van der Waals surface area contributed by atoms with Crippen molar-refractivity contribution in [2.45, 2.75) is 39.5 Å². The average Bonchev–Trinajstić information content (AvgIpc) is 3.00. The Kier molecular flexibility index (Phi) is 18.5. The van der Waals surface area contributed by atoms with Gasteiger partial charge in [-0.3, -0.25) is 0 Å². The fourth-order valence-electron chi connectivity index (χ4n) is 5.39. The van der Waals surface area contributed by atoms with Crippen LogP contribution < -0.4 is 21.2 Å². The van der Waals surface area contributed by atoms with Crippen molar-refractivity contribution in [3.63, 3.8) is 0 Å². The summed E-state index contributed by atoms with van der Waals surface area (Å²) >= 11 is 0. The van der Waals surface area contributed by atoms with Crippen LogP contribution in [-0.4, -0.2) is 12.3 Å². The Morgan fingerprint density at radius 2 is 0.698 bits per heavy atom. The van der Waals surface area contributed by atoms with E-state index < -0.39 is 0 Å². The summed E-state index contributed by atoms with van der Waals surface area (Å²) in [4.78, 5) is 0. The first-order valence-electron chi connectivity index (χ1n) is 15.1. The molecule has 43 heavy (non-hydrogen) atoms. The SMILES string of the molecule is [CH2][C]([CH2])C.[CH2][C]([CH2])C.[Ru].c1ccc(P(C[C@@H]2CCCC[C@H]2CP(c2ccccc2)c2ccccc2)c2ccccc2)cc1. The summed E-state index contributed by atoms with van der Waals surface area (Å²) in [5, 5.41) is 6.12. The smallest absolute Gasteiger partial charge is 0 e. The molecule has 0 aromatic heterocycles. The van der Waals surface area contributed by atoms with Crippen molar-refractivity contribution in [3.05, 3.63) is 161 Å². The third kappa shape index (κ3) is 13.9. The van der Waals surface area contributed by atoms with Gasteiger partial charge in [0.15, 0.2) is 0 Å². The molecule has 6 radical (unpaired) electrons. The molecule has 0 heterocycles. The molecule has 0 nitrogen and oxygen atoms in total. The topological polar surface area (TPSA) is 0 Å². The van der Waals surface area contributed by atoms with Gasteiger partial charge in [-0.05, 0) is 114 Å². The van der Waals surface area contributed by atoms with Crippen LogP contribution in [0.2, 0.25) is 0 Å². The Balaban J connectivity index is 0.000000642. The molecule has 3 heteroatoms. The van der Waals surface area contributed by atoms with E-state index in [1.807, 2.05) is 13.8 Å². The predicted molar refractivity (Wildman–Crippen MR) is 193 cm³/mol. The molecule has 0 bridgehead atoms. The van der Waals surface area contributed by atoms with Crippen LogP contribution in [0.1, 0.15) is 39.5 Å². The van der Waals surface area contributed by atoms with E-state index >= 15 is 0 Å². The standard InChI is InChI=1S/C32H34P2.2C4H7.Ru/c1-5-17-29(18-6-1)33(30-19-7-2-8-20-30)25-27-15-13-14-16-28(27)26-34(31-21-9-3-10-22-31)32-23-11-4-12-24-32;2*1-4(2)3;/h1-12,17-24,27-28H,13-16,25-26H2;2*1-2H2,3H3;/t27-,28-;;;/m0.../s1. The Labute approximate surface area is 279 Å². The van der Waals surface area contributed by atoms with E-state index in [0.717, 1.165) is 23.7 Å². The predicted octanol–water partition coefficient (Wildman–Crippen LogP) is 9.55. The molecule has 1 aliphatic carbocycles. The molecular weight excluding hydrogens is 643 g/mol. The van der Waals surface area contributed by atoms with E-state index in [1.165, 1.54) is 59.2 Å². The second-order valence-electron chi connectivity index (χ2n) is 11.3. The molecule has 1 saturated carbocycles. The Morgan fingerprint density at radius 1 is 0.488 bits per heavy atom. The molecule has 1 fully saturated rings. The molecule has 0 unspecified atom stereocenters. The van der Waals surface area contributed by atoms with Crippen LogP contribution in [0.3, 0.4) is 0 Å². The monoisotopic (exact) mass is 692 g/mol. The summed E-state index contributed by atoms with van der Waals surface area (Å²) in [5.74, 6) is 3.44. The molecule has 4 aromatic rings. The quantitative estimate of drug-likeness (QED) is 0.128. The van der Waals surface area contributed by atoms with Gasteiger partial charge in [-0.25, -0.2) is 0 Å². The molecule has 0 spiro atoms. The van der Waals surface area contributed by atoms with Crippen molar-refractivity contribution in [3.8, 4) is 0 Å². The summed E-state index contributed by atoms with van der Waals surface area (Å²) < 4.78 is 0. The summed E-state index contributed by atoms with van der Waals surface area (Å²) in [6.45, 7) is 17.5. The van der Waals surface area contributed by atoms with Crippen molar-refractivity contribution in [1.29, 1.82) is 0 Å². The molecule has 226 valence electrons. The van der Waals surface area contributed by atoms with Crippen LogP contribution in [0, 0.1) is 51.4 Å². The minimum Gasteiger partial charge on any atom is -0.0622 e. The van der Waals surface area contributed by atoms with Crippen molar-refractivity contribution >= 4 is 37.1 Å². The van der Waals surface area contributed by atoms with Crippen LogP contribution >= 0.6 is 15.8 Å². The summed E-state index contributed by atoms with van der Waals surface area (Å²) in [6, 6.07) is 45.2. The van der Waals surface area contributed by atoms with Gasteiger partial charge in [0.1, 0.15) is 0 Å². The van der Waals surface area contributed by atoms with Gasteiger partial charge in [0, 0.05) is 19.5 Å². The molecule has 4 aromatic carbocycles. The zero-order chi connectivity index (χ0) is 30.2. The molecule has 0 N–H and O–H groups in total. The maximum Gasteiger partial charge on any atom is 0 e. The Bertz CT molecular complexity index is 1030.